The Morgan fingerprint density at radius 1 is 1.17 bits per heavy atom. The van der Waals surface area contributed by atoms with E-state index in [1.807, 2.05) is 5.92 Å². The normalized spacial score (nSPS) is 34.0. The summed E-state index contributed by atoms with van der Waals surface area (Å²) in [5, 5.41) is 0. The van der Waals surface area contributed by atoms with Crippen molar-refractivity contribution < 1.29 is 0 Å². The quantitative estimate of drug-likeness (QED) is 0.451. The first-order valence-corrected chi connectivity index (χ1v) is 2.81. The van der Waals surface area contributed by atoms with Gasteiger partial charge in [0.25, 0.3) is 0 Å². The van der Waals surface area contributed by atoms with Crippen LogP contribution in [0.5, 0.6) is 0 Å². The third kappa shape index (κ3) is 0.360. The first-order chi connectivity index (χ1) is 2.97. The summed E-state index contributed by atoms with van der Waals surface area (Å²) in [6, 6.07) is 0. The molecule has 0 nitrogen and oxygen atoms in total. The summed E-state index contributed by atoms with van der Waals surface area (Å²) in [7, 11) is 0. The number of rotatable bonds is 1. The van der Waals surface area contributed by atoms with Crippen LogP contribution in [0.3, 0.4) is 0 Å². The van der Waals surface area contributed by atoms with Crippen LogP contribution in [0.15, 0.2) is 0 Å². The zero-order valence-electron chi connectivity index (χ0n) is 3.91. The fourth-order valence-electron chi connectivity index (χ4n) is 0.972. The maximum absolute atomic E-state index is 1.87. The molecular weight excluding hydrogens is 72.1 g/mol. The summed E-state index contributed by atoms with van der Waals surface area (Å²) in [4.78, 5) is 0. The standard InChI is InChI=1S/C6H9/c1-2-5(1)6-3-4-6/h5H,1-4H2. The molecule has 0 aromatic heterocycles. The molecule has 0 aromatic carbocycles. The molecule has 2 saturated carbocycles. The van der Waals surface area contributed by atoms with Gasteiger partial charge in [0.1, 0.15) is 0 Å². The highest BCUT2D eigenvalue weighted by atomic mass is 14.4. The van der Waals surface area contributed by atoms with Gasteiger partial charge in [0, 0.05) is 0 Å². The van der Waals surface area contributed by atoms with Crippen LogP contribution >= 0.6 is 0 Å². The minimum absolute atomic E-state index is 1.13. The van der Waals surface area contributed by atoms with Crippen LogP contribution < -0.4 is 0 Å². The van der Waals surface area contributed by atoms with Crippen molar-refractivity contribution in [1.82, 2.24) is 0 Å². The summed E-state index contributed by atoms with van der Waals surface area (Å²) in [6.07, 6.45) is 6.00. The molecule has 0 aliphatic heterocycles. The van der Waals surface area contributed by atoms with Gasteiger partial charge in [-0.05, 0) is 37.5 Å². The fourth-order valence-corrected chi connectivity index (χ4v) is 0.972. The summed E-state index contributed by atoms with van der Waals surface area (Å²) < 4.78 is 0. The molecule has 1 radical (unpaired) electrons. The molecule has 0 atom stereocenters. The molecule has 0 bridgehead atoms. The van der Waals surface area contributed by atoms with E-state index in [0.29, 0.717) is 0 Å². The smallest absolute Gasteiger partial charge is 0.0210 e. The van der Waals surface area contributed by atoms with Gasteiger partial charge in [0.2, 0.25) is 0 Å². The van der Waals surface area contributed by atoms with Gasteiger partial charge in [-0.15, -0.1) is 0 Å². The van der Waals surface area contributed by atoms with E-state index < -0.39 is 0 Å². The third-order valence-corrected chi connectivity index (χ3v) is 1.69. The van der Waals surface area contributed by atoms with Crippen LogP contribution in [0.4, 0.5) is 0 Å². The molecule has 0 spiro atoms. The average Bonchev–Trinajstić information content (AvgIpc) is 2.26. The van der Waals surface area contributed by atoms with Crippen molar-refractivity contribution in [2.75, 3.05) is 0 Å². The van der Waals surface area contributed by atoms with Crippen LogP contribution in [0.25, 0.3) is 0 Å². The molecular formula is C6H9. The highest BCUT2D eigenvalue weighted by Gasteiger charge is 2.38. The van der Waals surface area contributed by atoms with Gasteiger partial charge in [-0.1, -0.05) is 0 Å². The van der Waals surface area contributed by atoms with Crippen molar-refractivity contribution in [1.29, 1.82) is 0 Å². The molecule has 0 unspecified atom stereocenters. The lowest BCUT2D eigenvalue weighted by molar-refractivity contribution is 0.970. The van der Waals surface area contributed by atoms with Crippen LogP contribution in [0, 0.1) is 11.8 Å². The molecule has 2 fully saturated rings. The van der Waals surface area contributed by atoms with Gasteiger partial charge in [0.15, 0.2) is 0 Å². The lowest BCUT2D eigenvalue weighted by Gasteiger charge is -1.76. The monoisotopic (exact) mass is 81.1 g/mol. The minimum atomic E-state index is 1.13. The van der Waals surface area contributed by atoms with Gasteiger partial charge < -0.3 is 0 Å². The van der Waals surface area contributed by atoms with Gasteiger partial charge in [-0.25, -0.2) is 0 Å². The van der Waals surface area contributed by atoms with Crippen LogP contribution in [0.1, 0.15) is 25.7 Å². The second kappa shape index (κ2) is 0.800. The van der Waals surface area contributed by atoms with Crippen molar-refractivity contribution in [2.24, 2.45) is 5.92 Å². The predicted octanol–water partition coefficient (Wildman–Crippen LogP) is 1.76. The molecule has 6 heavy (non-hydrogen) atoms. The van der Waals surface area contributed by atoms with E-state index in [0.717, 1.165) is 5.92 Å². The van der Waals surface area contributed by atoms with Crippen LogP contribution in [-0.2, 0) is 0 Å². The molecule has 0 heterocycles. The Kier molecular flexibility index (Phi) is 0.408. The van der Waals surface area contributed by atoms with E-state index in [9.17, 15) is 0 Å². The first kappa shape index (κ1) is 3.06. The molecule has 0 amide bonds. The van der Waals surface area contributed by atoms with Gasteiger partial charge in [-0.2, -0.15) is 0 Å². The Balaban J connectivity index is 1.92. The molecule has 2 aliphatic rings. The molecule has 2 aliphatic carbocycles. The van der Waals surface area contributed by atoms with Crippen molar-refractivity contribution in [3.05, 3.63) is 5.92 Å². The molecule has 33 valence electrons. The van der Waals surface area contributed by atoms with E-state index in [1.54, 1.807) is 0 Å². The summed E-state index contributed by atoms with van der Waals surface area (Å²) in [5.74, 6) is 3.00. The Morgan fingerprint density at radius 2 is 1.83 bits per heavy atom. The zero-order valence-corrected chi connectivity index (χ0v) is 3.91. The Bertz CT molecular complexity index is 48.4. The Labute approximate surface area is 38.6 Å². The SMILES string of the molecule is C1C[C]1C1CC1. The average molecular weight is 81.1 g/mol. The first-order valence-electron chi connectivity index (χ1n) is 2.81. The Morgan fingerprint density at radius 3 is 2.00 bits per heavy atom. The maximum Gasteiger partial charge on any atom is -0.0210 e. The van der Waals surface area contributed by atoms with Gasteiger partial charge in [0.05, 0.1) is 0 Å². The highest BCUT2D eigenvalue weighted by molar-refractivity contribution is 5.14. The van der Waals surface area contributed by atoms with Gasteiger partial charge in [-0.3, -0.25) is 0 Å². The molecule has 0 N–H and O–H groups in total. The molecule has 0 heteroatoms. The highest BCUT2D eigenvalue weighted by Crippen LogP contribution is 2.51. The van der Waals surface area contributed by atoms with Crippen molar-refractivity contribution >= 4 is 0 Å². The fraction of sp³-hybridized carbons (Fsp3) is 0.833. The zero-order chi connectivity index (χ0) is 3.98. The number of hydrogen-bond donors (Lipinski definition) is 0. The second-order valence-electron chi connectivity index (χ2n) is 2.43. The minimum Gasteiger partial charge on any atom is -0.0496 e. The summed E-state index contributed by atoms with van der Waals surface area (Å²) in [6.45, 7) is 0. The van der Waals surface area contributed by atoms with E-state index in [-0.39, 0.29) is 0 Å². The summed E-state index contributed by atoms with van der Waals surface area (Å²) in [5.41, 5.74) is 0. The molecule has 2 rings (SSSR count). The largest absolute Gasteiger partial charge is 0.0496 e. The lowest BCUT2D eigenvalue weighted by Crippen LogP contribution is -1.67. The van der Waals surface area contributed by atoms with Crippen LogP contribution in [0.2, 0.25) is 0 Å². The van der Waals surface area contributed by atoms with Crippen LogP contribution in [-0.4, -0.2) is 0 Å². The molecule has 0 saturated heterocycles. The van der Waals surface area contributed by atoms with E-state index >= 15 is 0 Å². The maximum atomic E-state index is 1.87. The topological polar surface area (TPSA) is 0 Å². The van der Waals surface area contributed by atoms with Crippen molar-refractivity contribution in [3.63, 3.8) is 0 Å². The predicted molar refractivity (Wildman–Crippen MR) is 25.2 cm³/mol. The lowest BCUT2D eigenvalue weighted by atomic mass is 10.3. The summed E-state index contributed by atoms with van der Waals surface area (Å²) >= 11 is 0. The third-order valence-electron chi connectivity index (χ3n) is 1.69. The van der Waals surface area contributed by atoms with E-state index in [1.165, 1.54) is 25.7 Å². The number of hydrogen-bond acceptors (Lipinski definition) is 0. The van der Waals surface area contributed by atoms with E-state index in [2.05, 4.69) is 0 Å². The second-order valence-corrected chi connectivity index (χ2v) is 2.43. The van der Waals surface area contributed by atoms with E-state index in [4.69, 9.17) is 0 Å². The van der Waals surface area contributed by atoms with Crippen molar-refractivity contribution in [3.8, 4) is 0 Å². The van der Waals surface area contributed by atoms with Gasteiger partial charge >= 0.3 is 0 Å². The Hall–Kier alpha value is 0. The van der Waals surface area contributed by atoms with Crippen molar-refractivity contribution in [2.45, 2.75) is 25.7 Å². The molecule has 0 aromatic rings.